The van der Waals surface area contributed by atoms with Crippen LogP contribution in [0.2, 0.25) is 0 Å². The molecule has 0 spiro atoms. The SMILES string of the molecule is COc1cc(C)ccc1C(N)c1cc(C)cc(F)c1. The van der Waals surface area contributed by atoms with E-state index < -0.39 is 6.04 Å². The molecule has 2 aromatic rings. The van der Waals surface area contributed by atoms with Crippen molar-refractivity contribution in [3.05, 3.63) is 64.5 Å². The first-order valence-corrected chi connectivity index (χ1v) is 6.18. The predicted octanol–water partition coefficient (Wildman–Crippen LogP) is 3.50. The fourth-order valence-electron chi connectivity index (χ4n) is 2.20. The molecule has 0 fully saturated rings. The summed E-state index contributed by atoms with van der Waals surface area (Å²) in [6.07, 6.45) is 0. The molecular formula is C16H18FNO. The molecule has 2 rings (SSSR count). The quantitative estimate of drug-likeness (QED) is 0.915. The van der Waals surface area contributed by atoms with Crippen LogP contribution in [0.15, 0.2) is 36.4 Å². The zero-order chi connectivity index (χ0) is 14.0. The van der Waals surface area contributed by atoms with E-state index in [9.17, 15) is 4.39 Å². The van der Waals surface area contributed by atoms with Crippen molar-refractivity contribution >= 4 is 0 Å². The van der Waals surface area contributed by atoms with Gasteiger partial charge in [-0.25, -0.2) is 4.39 Å². The van der Waals surface area contributed by atoms with Gasteiger partial charge in [-0.15, -0.1) is 0 Å². The summed E-state index contributed by atoms with van der Waals surface area (Å²) in [5, 5.41) is 0. The average molecular weight is 259 g/mol. The van der Waals surface area contributed by atoms with E-state index in [1.54, 1.807) is 7.11 Å². The number of hydrogen-bond donors (Lipinski definition) is 1. The lowest BCUT2D eigenvalue weighted by atomic mass is 9.96. The Balaban J connectivity index is 2.46. The first kappa shape index (κ1) is 13.6. The molecule has 0 radical (unpaired) electrons. The Bertz CT molecular complexity index is 575. The highest BCUT2D eigenvalue weighted by atomic mass is 19.1. The molecule has 0 heterocycles. The number of ether oxygens (including phenoxy) is 1. The first-order valence-electron chi connectivity index (χ1n) is 6.18. The second-order valence-corrected chi connectivity index (χ2v) is 4.78. The molecule has 0 aliphatic heterocycles. The number of aryl methyl sites for hydroxylation is 2. The number of methoxy groups -OCH3 is 1. The third kappa shape index (κ3) is 2.93. The summed E-state index contributed by atoms with van der Waals surface area (Å²) in [5.74, 6) is 0.464. The first-order chi connectivity index (χ1) is 9.01. The second kappa shape index (κ2) is 5.41. The van der Waals surface area contributed by atoms with Gasteiger partial charge in [0.2, 0.25) is 0 Å². The van der Waals surface area contributed by atoms with Crippen molar-refractivity contribution < 1.29 is 9.13 Å². The zero-order valence-corrected chi connectivity index (χ0v) is 11.4. The van der Waals surface area contributed by atoms with Crippen LogP contribution < -0.4 is 10.5 Å². The Kier molecular flexibility index (Phi) is 3.86. The van der Waals surface area contributed by atoms with Gasteiger partial charge < -0.3 is 10.5 Å². The molecule has 100 valence electrons. The molecule has 0 aliphatic carbocycles. The number of rotatable bonds is 3. The van der Waals surface area contributed by atoms with Crippen LogP contribution in [0.3, 0.4) is 0 Å². The van der Waals surface area contributed by atoms with Crippen LogP contribution in [-0.2, 0) is 0 Å². The van der Waals surface area contributed by atoms with Crippen molar-refractivity contribution in [2.45, 2.75) is 19.9 Å². The summed E-state index contributed by atoms with van der Waals surface area (Å²) >= 11 is 0. The van der Waals surface area contributed by atoms with Crippen LogP contribution in [0.5, 0.6) is 5.75 Å². The van der Waals surface area contributed by atoms with E-state index in [0.717, 1.165) is 28.0 Å². The molecule has 1 unspecified atom stereocenters. The van der Waals surface area contributed by atoms with Crippen molar-refractivity contribution in [2.24, 2.45) is 5.73 Å². The Hall–Kier alpha value is -1.87. The van der Waals surface area contributed by atoms with Gasteiger partial charge in [0.15, 0.2) is 0 Å². The molecule has 2 N–H and O–H groups in total. The number of halogens is 1. The molecule has 3 heteroatoms. The number of benzene rings is 2. The van der Waals surface area contributed by atoms with Crippen molar-refractivity contribution in [1.29, 1.82) is 0 Å². The van der Waals surface area contributed by atoms with Crippen LogP contribution in [-0.4, -0.2) is 7.11 Å². The summed E-state index contributed by atoms with van der Waals surface area (Å²) in [5.41, 5.74) is 9.80. The van der Waals surface area contributed by atoms with E-state index in [1.807, 2.05) is 38.1 Å². The molecule has 0 aliphatic rings. The number of hydrogen-bond acceptors (Lipinski definition) is 2. The maximum atomic E-state index is 13.5. The van der Waals surface area contributed by atoms with Gasteiger partial charge in [0.05, 0.1) is 13.2 Å². The van der Waals surface area contributed by atoms with Gasteiger partial charge in [-0.1, -0.05) is 18.2 Å². The maximum absolute atomic E-state index is 13.5. The van der Waals surface area contributed by atoms with E-state index >= 15 is 0 Å². The van der Waals surface area contributed by atoms with Crippen molar-refractivity contribution in [3.63, 3.8) is 0 Å². The lowest BCUT2D eigenvalue weighted by Crippen LogP contribution is -2.13. The zero-order valence-electron chi connectivity index (χ0n) is 11.4. The molecule has 19 heavy (non-hydrogen) atoms. The summed E-state index contributed by atoms with van der Waals surface area (Å²) in [7, 11) is 1.61. The molecule has 0 aromatic heterocycles. The van der Waals surface area contributed by atoms with Gasteiger partial charge in [-0.2, -0.15) is 0 Å². The minimum absolute atomic E-state index is 0.267. The lowest BCUT2D eigenvalue weighted by Gasteiger charge is -2.17. The van der Waals surface area contributed by atoms with Gasteiger partial charge >= 0.3 is 0 Å². The Morgan fingerprint density at radius 2 is 1.79 bits per heavy atom. The fourth-order valence-corrected chi connectivity index (χ4v) is 2.20. The summed E-state index contributed by atoms with van der Waals surface area (Å²) < 4.78 is 18.8. The number of nitrogens with two attached hydrogens (primary N) is 1. The van der Waals surface area contributed by atoms with Gasteiger partial charge in [0, 0.05) is 5.56 Å². The lowest BCUT2D eigenvalue weighted by molar-refractivity contribution is 0.407. The molecule has 0 amide bonds. The smallest absolute Gasteiger partial charge is 0.124 e. The molecular weight excluding hydrogens is 241 g/mol. The summed E-state index contributed by atoms with van der Waals surface area (Å²) in [6, 6.07) is 10.3. The topological polar surface area (TPSA) is 35.2 Å². The summed E-state index contributed by atoms with van der Waals surface area (Å²) in [6.45, 7) is 3.84. The Labute approximate surface area is 113 Å². The van der Waals surface area contributed by atoms with Crippen molar-refractivity contribution in [3.8, 4) is 5.75 Å². The average Bonchev–Trinajstić information content (AvgIpc) is 2.36. The van der Waals surface area contributed by atoms with Crippen molar-refractivity contribution in [2.75, 3.05) is 7.11 Å². The third-order valence-electron chi connectivity index (χ3n) is 3.15. The van der Waals surface area contributed by atoms with Gasteiger partial charge in [0.25, 0.3) is 0 Å². The van der Waals surface area contributed by atoms with E-state index in [4.69, 9.17) is 10.5 Å². The van der Waals surface area contributed by atoms with Crippen LogP contribution in [0.4, 0.5) is 4.39 Å². The predicted molar refractivity (Wildman–Crippen MR) is 74.9 cm³/mol. The van der Waals surface area contributed by atoms with Crippen molar-refractivity contribution in [1.82, 2.24) is 0 Å². The van der Waals surface area contributed by atoms with E-state index in [0.29, 0.717) is 0 Å². The van der Waals surface area contributed by atoms with E-state index in [2.05, 4.69) is 0 Å². The maximum Gasteiger partial charge on any atom is 0.124 e. The van der Waals surface area contributed by atoms with Gasteiger partial charge in [0.1, 0.15) is 11.6 Å². The minimum atomic E-state index is -0.398. The van der Waals surface area contributed by atoms with Gasteiger partial charge in [-0.05, 0) is 48.7 Å². The van der Waals surface area contributed by atoms with Crippen LogP contribution in [0.1, 0.15) is 28.3 Å². The monoisotopic (exact) mass is 259 g/mol. The van der Waals surface area contributed by atoms with E-state index in [1.165, 1.54) is 12.1 Å². The molecule has 0 saturated carbocycles. The summed E-state index contributed by atoms with van der Waals surface area (Å²) in [4.78, 5) is 0. The highest BCUT2D eigenvalue weighted by molar-refractivity contribution is 5.44. The Morgan fingerprint density at radius 3 is 2.42 bits per heavy atom. The molecule has 0 bridgehead atoms. The second-order valence-electron chi connectivity index (χ2n) is 4.78. The largest absolute Gasteiger partial charge is 0.496 e. The Morgan fingerprint density at radius 1 is 1.05 bits per heavy atom. The normalized spacial score (nSPS) is 12.3. The molecule has 2 nitrogen and oxygen atoms in total. The molecule has 0 saturated heterocycles. The third-order valence-corrected chi connectivity index (χ3v) is 3.15. The van der Waals surface area contributed by atoms with Crippen LogP contribution in [0, 0.1) is 19.7 Å². The van der Waals surface area contributed by atoms with Crippen LogP contribution in [0.25, 0.3) is 0 Å². The van der Waals surface area contributed by atoms with Crippen LogP contribution >= 0.6 is 0 Å². The molecule has 1 atom stereocenters. The minimum Gasteiger partial charge on any atom is -0.496 e. The molecule has 2 aromatic carbocycles. The fraction of sp³-hybridized carbons (Fsp3) is 0.250. The highest BCUT2D eigenvalue weighted by Gasteiger charge is 2.15. The van der Waals surface area contributed by atoms with Gasteiger partial charge in [-0.3, -0.25) is 0 Å². The van der Waals surface area contributed by atoms with E-state index in [-0.39, 0.29) is 5.82 Å². The highest BCUT2D eigenvalue weighted by Crippen LogP contribution is 2.29. The standard InChI is InChI=1S/C16H18FNO/c1-10-4-5-14(15(8-10)19-3)16(18)12-6-11(2)7-13(17)9-12/h4-9,16H,18H2,1-3H3.